The van der Waals surface area contributed by atoms with E-state index in [0.29, 0.717) is 0 Å². The second-order valence-electron chi connectivity index (χ2n) is 22.3. The molecule has 0 aliphatic heterocycles. The third-order valence-corrected chi connectivity index (χ3v) is 25.0. The van der Waals surface area contributed by atoms with Crippen molar-refractivity contribution in [2.45, 2.75) is 71.6 Å². The Morgan fingerprint density at radius 2 is 0.902 bits per heavy atom. The van der Waals surface area contributed by atoms with Crippen LogP contribution in [0.4, 0.5) is 0 Å². The topological polar surface area (TPSA) is 0 Å². The molecule has 1 fully saturated rings. The van der Waals surface area contributed by atoms with Gasteiger partial charge in [0.25, 0.3) is 0 Å². The van der Waals surface area contributed by atoms with Gasteiger partial charge in [-0.3, -0.25) is 0 Å². The van der Waals surface area contributed by atoms with E-state index in [9.17, 15) is 0 Å². The van der Waals surface area contributed by atoms with Crippen molar-refractivity contribution in [3.8, 4) is 37.1 Å². The van der Waals surface area contributed by atoms with Crippen LogP contribution in [0.2, 0.25) is 0 Å². The average Bonchev–Trinajstić information content (AvgIpc) is 2.96. The number of benzene rings is 8. The first-order chi connectivity index (χ1) is 40.1. The van der Waals surface area contributed by atoms with Gasteiger partial charge >= 0.3 is 346 Å². The number of allylic oxidation sites excluding steroid dienone is 7. The third-order valence-electron chi connectivity index (χ3n) is 17.4. The molecule has 8 aromatic carbocycles. The minimum atomic E-state index is -2.57. The van der Waals surface area contributed by atoms with E-state index in [2.05, 4.69) is 294 Å². The molecule has 2 heterocycles. The SMILES string of the molecule is CC=C1CCCC1=CC(C#Cc1cc2c(s1)-c1cc3c(cc1C2(c1ccc(C)cc1)c1ccc(C)cc1)-c1sc(/C=C/C)cc1C3(c1ccc(C)cc1)c1ccc(C)cc1)=C([C]#[Os])[P+](c1ccccc1)(c1ccccc1)c1ccccc1. The van der Waals surface area contributed by atoms with Crippen LogP contribution in [0.25, 0.3) is 27.0 Å². The van der Waals surface area contributed by atoms with E-state index in [-0.39, 0.29) is 0 Å². The first-order valence-corrected chi connectivity index (χ1v) is 33.3. The second kappa shape index (κ2) is 22.0. The molecule has 2 aromatic heterocycles. The number of aryl methyl sites for hydroxylation is 4. The number of hydrogen-bond acceptors (Lipinski definition) is 2. The van der Waals surface area contributed by atoms with E-state index in [1.54, 1.807) is 0 Å². The van der Waals surface area contributed by atoms with Crippen molar-refractivity contribution >= 4 is 51.9 Å². The molecule has 1 saturated carbocycles. The van der Waals surface area contributed by atoms with Crippen molar-refractivity contribution in [3.63, 3.8) is 0 Å². The molecule has 0 spiro atoms. The minimum absolute atomic E-state index is 0.564. The zero-order valence-corrected chi connectivity index (χ0v) is 52.3. The van der Waals surface area contributed by atoms with Gasteiger partial charge in [-0.15, -0.1) is 11.3 Å². The van der Waals surface area contributed by atoms with Gasteiger partial charge in [0, 0.05) is 9.75 Å². The van der Waals surface area contributed by atoms with Gasteiger partial charge < -0.3 is 0 Å². The summed E-state index contributed by atoms with van der Waals surface area (Å²) in [6.07, 6.45) is 12.5. The third kappa shape index (κ3) is 8.70. The van der Waals surface area contributed by atoms with Crippen molar-refractivity contribution in [1.29, 1.82) is 0 Å². The van der Waals surface area contributed by atoms with Gasteiger partial charge in [0.05, 0.1) is 0 Å². The fourth-order valence-electron chi connectivity index (χ4n) is 13.6. The Balaban J connectivity index is 1.13. The molecule has 3 aliphatic carbocycles. The monoisotopic (exact) mass is 1290 g/mol. The van der Waals surface area contributed by atoms with E-state index in [4.69, 9.17) is 0 Å². The first kappa shape index (κ1) is 53.8. The Morgan fingerprint density at radius 3 is 1.32 bits per heavy atom. The number of rotatable bonds is 10. The van der Waals surface area contributed by atoms with Crippen molar-refractivity contribution in [1.82, 2.24) is 0 Å². The molecule has 0 N–H and O–H groups in total. The summed E-state index contributed by atoms with van der Waals surface area (Å²) < 4.78 is 3.97. The summed E-state index contributed by atoms with van der Waals surface area (Å²) in [6.45, 7) is 13.1. The van der Waals surface area contributed by atoms with Gasteiger partial charge in [0.2, 0.25) is 0 Å². The molecule has 0 bridgehead atoms. The maximum atomic E-state index is 4.04. The molecule has 0 amide bonds. The van der Waals surface area contributed by atoms with Crippen molar-refractivity contribution in [2.24, 2.45) is 0 Å². The fourth-order valence-corrected chi connectivity index (χ4v) is 21.6. The molecule has 82 heavy (non-hydrogen) atoms. The number of fused-ring (bicyclic) bond motifs is 6. The molecule has 0 radical (unpaired) electrons. The van der Waals surface area contributed by atoms with Gasteiger partial charge in [-0.2, -0.15) is 0 Å². The molecule has 13 rings (SSSR count). The van der Waals surface area contributed by atoms with Crippen LogP contribution in [-0.2, 0) is 28.8 Å². The molecule has 0 atom stereocenters. The van der Waals surface area contributed by atoms with E-state index >= 15 is 0 Å². The van der Waals surface area contributed by atoms with Crippen molar-refractivity contribution in [2.75, 3.05) is 0 Å². The van der Waals surface area contributed by atoms with E-state index in [0.717, 1.165) is 29.7 Å². The Kier molecular flexibility index (Phi) is 14.5. The fraction of sp³-hybridized carbons (Fsp3) is 0.141. The van der Waals surface area contributed by atoms with Crippen molar-refractivity contribution in [3.05, 3.63) is 329 Å². The summed E-state index contributed by atoms with van der Waals surface area (Å²) in [5.41, 5.74) is 20.6. The molecule has 0 nitrogen and oxygen atoms in total. The average molecular weight is 1290 g/mol. The maximum absolute atomic E-state index is 4.04. The molecule has 399 valence electrons. The summed E-state index contributed by atoms with van der Waals surface area (Å²) in [5.74, 6) is 8.03. The Hall–Kier alpha value is -7.47. The molecule has 10 aromatic rings. The van der Waals surface area contributed by atoms with Gasteiger partial charge in [-0.1, -0.05) is 76.9 Å². The summed E-state index contributed by atoms with van der Waals surface area (Å²) >= 11 is 5.62. The standard InChI is InChI=1S/C78H63PS2.Os/c1-8-20-67-48-73-75(80-67)69-50-72-70(51-71(69)77(73,60-38-29-52(3)30-39-60)61-40-31-53(4)32-41-61)76-74(78(72,62-42-33-54(5)34-43-62)63-44-35-55(6)36-45-63)49-68(81-76)46-37-58(47-59-22-19-21-57(59)9-2)56(7)79(64-23-13-10-14-24-64,65-25-15-11-16-26-65)66-27-17-12-18-28-66;/h8-18,20,23-36,38-45,47-51H,19,21-22H2,1-6H3;/q+1;/b20-8+,57-9?,58-56?,59-47?;. The summed E-state index contributed by atoms with van der Waals surface area (Å²) in [7, 11) is -2.57. The summed E-state index contributed by atoms with van der Waals surface area (Å²) in [5, 5.41) is 5.04. The van der Waals surface area contributed by atoms with Gasteiger partial charge in [-0.25, -0.2) is 0 Å². The van der Waals surface area contributed by atoms with Crippen LogP contribution < -0.4 is 15.9 Å². The Labute approximate surface area is 503 Å². The summed E-state index contributed by atoms with van der Waals surface area (Å²) in [6, 6.07) is 81.3. The van der Waals surface area contributed by atoms with Crippen LogP contribution in [0.3, 0.4) is 0 Å². The van der Waals surface area contributed by atoms with Gasteiger partial charge in [0.15, 0.2) is 0 Å². The normalized spacial score (nSPS) is 15.8. The molecule has 0 saturated heterocycles. The number of thiophene rings is 2. The van der Waals surface area contributed by atoms with Crippen LogP contribution in [0.5, 0.6) is 0 Å². The van der Waals surface area contributed by atoms with E-state index < -0.39 is 18.1 Å². The molecule has 4 heteroatoms. The van der Waals surface area contributed by atoms with Crippen molar-refractivity contribution < 1.29 is 17.9 Å². The van der Waals surface area contributed by atoms with E-state index in [1.165, 1.54) is 125 Å². The zero-order valence-electron chi connectivity index (χ0n) is 47.3. The quantitative estimate of drug-likeness (QED) is 0.0946. The predicted molar refractivity (Wildman–Crippen MR) is 349 cm³/mol. The molecule has 0 unspecified atom stereocenters. The Bertz CT molecular complexity index is 4130. The van der Waals surface area contributed by atoms with Crippen LogP contribution >= 0.6 is 29.9 Å². The van der Waals surface area contributed by atoms with Crippen LogP contribution in [-0.4, -0.2) is 0 Å². The predicted octanol–water partition coefficient (Wildman–Crippen LogP) is 19.0. The number of hydrogen-bond donors (Lipinski definition) is 0. The van der Waals surface area contributed by atoms with Gasteiger partial charge in [0.1, 0.15) is 0 Å². The Morgan fingerprint density at radius 1 is 0.488 bits per heavy atom. The van der Waals surface area contributed by atoms with Crippen LogP contribution in [0, 0.1) is 43.9 Å². The van der Waals surface area contributed by atoms with Gasteiger partial charge in [-0.05, 0) is 63.5 Å². The zero-order chi connectivity index (χ0) is 56.2. The molecule has 3 aliphatic rings. The van der Waals surface area contributed by atoms with E-state index in [1.807, 2.05) is 40.6 Å². The van der Waals surface area contributed by atoms with Crippen LogP contribution in [0.1, 0.15) is 110 Å². The summed E-state index contributed by atoms with van der Waals surface area (Å²) in [4.78, 5) is 4.94. The molecular formula is C78H63OsPS2+. The van der Waals surface area contributed by atoms with Crippen LogP contribution in [0.15, 0.2) is 253 Å². The molecular weight excluding hydrogens is 1220 g/mol. The first-order valence-electron chi connectivity index (χ1n) is 28.6. The second-order valence-corrected chi connectivity index (χ2v) is 28.4.